The van der Waals surface area contributed by atoms with Crippen LogP contribution in [0.2, 0.25) is 25.7 Å². The van der Waals surface area contributed by atoms with E-state index in [1.54, 1.807) is 0 Å². The highest BCUT2D eigenvalue weighted by Gasteiger charge is 2.22. The molecule has 1 fully saturated rings. The SMILES string of the molecule is Cc1ccc(Nc2cc3ncn(COCC[Si](C)(C)C)c3cc2OC2COC2)nn1. The molecule has 9 heteroatoms. The van der Waals surface area contributed by atoms with Crippen molar-refractivity contribution in [3.05, 3.63) is 36.3 Å². The highest BCUT2D eigenvalue weighted by Crippen LogP contribution is 2.33. The van der Waals surface area contributed by atoms with Gasteiger partial charge in [-0.1, -0.05) is 19.6 Å². The molecule has 3 heterocycles. The molecular weight excluding hydrogens is 398 g/mol. The molecule has 0 unspecified atom stereocenters. The molecule has 0 saturated carbocycles. The van der Waals surface area contributed by atoms with Gasteiger partial charge in [-0.15, -0.1) is 5.10 Å². The number of aromatic nitrogens is 4. The Balaban J connectivity index is 1.56. The standard InChI is InChI=1S/C21H29N5O3Si/c1-15-5-6-21(25-24-15)23-18-9-17-19(10-20(18)29-16-11-28-12-16)26(13-22-17)14-27-7-8-30(2,3)4/h5-6,9-10,13,16H,7-8,11-12,14H2,1-4H3,(H,23,25). The van der Waals surface area contributed by atoms with Crippen molar-refractivity contribution >= 4 is 30.6 Å². The Labute approximate surface area is 177 Å². The molecule has 0 radical (unpaired) electrons. The van der Waals surface area contributed by atoms with Crippen LogP contribution in [0.3, 0.4) is 0 Å². The molecule has 0 amide bonds. The number of nitrogens with one attached hydrogen (secondary N) is 1. The Hall–Kier alpha value is -2.49. The Morgan fingerprint density at radius 3 is 2.70 bits per heavy atom. The molecule has 0 spiro atoms. The Morgan fingerprint density at radius 2 is 2.03 bits per heavy atom. The summed E-state index contributed by atoms with van der Waals surface area (Å²) in [5.41, 5.74) is 3.51. The second-order valence-electron chi connectivity index (χ2n) is 8.86. The number of aryl methyl sites for hydroxylation is 1. The smallest absolute Gasteiger partial charge is 0.153 e. The van der Waals surface area contributed by atoms with Crippen molar-refractivity contribution in [2.45, 2.75) is 45.4 Å². The van der Waals surface area contributed by atoms with Crippen molar-refractivity contribution in [1.82, 2.24) is 19.7 Å². The summed E-state index contributed by atoms with van der Waals surface area (Å²) in [5, 5.41) is 11.6. The van der Waals surface area contributed by atoms with Crippen LogP contribution in [-0.4, -0.2) is 53.7 Å². The molecule has 30 heavy (non-hydrogen) atoms. The summed E-state index contributed by atoms with van der Waals surface area (Å²) in [6.07, 6.45) is 1.86. The summed E-state index contributed by atoms with van der Waals surface area (Å²) in [6.45, 7) is 11.4. The largest absolute Gasteiger partial charge is 0.483 e. The van der Waals surface area contributed by atoms with E-state index in [0.717, 1.165) is 40.8 Å². The molecule has 0 atom stereocenters. The molecule has 2 aromatic heterocycles. The quantitative estimate of drug-likeness (QED) is 0.409. The molecule has 1 saturated heterocycles. The monoisotopic (exact) mass is 427 g/mol. The van der Waals surface area contributed by atoms with Gasteiger partial charge in [0.15, 0.2) is 5.82 Å². The molecule has 1 N–H and O–H groups in total. The van der Waals surface area contributed by atoms with Crippen LogP contribution in [0.4, 0.5) is 11.5 Å². The van der Waals surface area contributed by atoms with Crippen LogP contribution in [0.15, 0.2) is 30.6 Å². The minimum Gasteiger partial charge on any atom is -0.483 e. The van der Waals surface area contributed by atoms with Gasteiger partial charge in [-0.2, -0.15) is 5.10 Å². The zero-order valence-corrected chi connectivity index (χ0v) is 19.0. The van der Waals surface area contributed by atoms with Crippen molar-refractivity contribution < 1.29 is 14.2 Å². The van der Waals surface area contributed by atoms with E-state index in [1.165, 1.54) is 0 Å². The lowest BCUT2D eigenvalue weighted by molar-refractivity contribution is -0.0793. The van der Waals surface area contributed by atoms with E-state index in [4.69, 9.17) is 14.2 Å². The average molecular weight is 428 g/mol. The number of rotatable bonds is 9. The molecular formula is C21H29N5O3Si. The van der Waals surface area contributed by atoms with Crippen LogP contribution in [0.25, 0.3) is 11.0 Å². The molecule has 3 aromatic rings. The molecule has 1 aliphatic heterocycles. The minimum absolute atomic E-state index is 0.0523. The fourth-order valence-electron chi connectivity index (χ4n) is 2.99. The van der Waals surface area contributed by atoms with E-state index >= 15 is 0 Å². The predicted octanol–water partition coefficient (Wildman–Crippen LogP) is 3.97. The van der Waals surface area contributed by atoms with E-state index in [-0.39, 0.29) is 6.10 Å². The Morgan fingerprint density at radius 1 is 1.20 bits per heavy atom. The predicted molar refractivity (Wildman–Crippen MR) is 119 cm³/mol. The van der Waals surface area contributed by atoms with Gasteiger partial charge in [-0.05, 0) is 31.2 Å². The first-order chi connectivity index (χ1) is 14.4. The highest BCUT2D eigenvalue weighted by molar-refractivity contribution is 6.76. The summed E-state index contributed by atoms with van der Waals surface area (Å²) in [7, 11) is -1.11. The first-order valence-corrected chi connectivity index (χ1v) is 14.0. The topological polar surface area (TPSA) is 83.3 Å². The fraction of sp³-hybridized carbons (Fsp3) is 0.476. The van der Waals surface area contributed by atoms with Crippen LogP contribution < -0.4 is 10.1 Å². The second kappa shape index (κ2) is 8.71. The van der Waals surface area contributed by atoms with E-state index in [9.17, 15) is 0 Å². The summed E-state index contributed by atoms with van der Waals surface area (Å²) in [5.74, 6) is 1.39. The van der Waals surface area contributed by atoms with E-state index in [1.807, 2.05) is 42.1 Å². The zero-order chi connectivity index (χ0) is 21.1. The maximum atomic E-state index is 6.17. The maximum Gasteiger partial charge on any atom is 0.153 e. The fourth-order valence-corrected chi connectivity index (χ4v) is 3.75. The Kier molecular flexibility index (Phi) is 6.03. The van der Waals surface area contributed by atoms with Crippen LogP contribution in [0.1, 0.15) is 5.69 Å². The average Bonchev–Trinajstić information content (AvgIpc) is 3.04. The summed E-state index contributed by atoms with van der Waals surface area (Å²) in [4.78, 5) is 4.55. The number of hydrogen-bond acceptors (Lipinski definition) is 7. The van der Waals surface area contributed by atoms with Gasteiger partial charge in [0.2, 0.25) is 0 Å². The lowest BCUT2D eigenvalue weighted by atomic mass is 10.2. The number of benzene rings is 1. The summed E-state index contributed by atoms with van der Waals surface area (Å²) < 4.78 is 19.4. The van der Waals surface area contributed by atoms with Gasteiger partial charge in [-0.25, -0.2) is 4.98 Å². The van der Waals surface area contributed by atoms with Crippen LogP contribution in [0.5, 0.6) is 5.75 Å². The first-order valence-electron chi connectivity index (χ1n) is 10.3. The number of hydrogen-bond donors (Lipinski definition) is 1. The summed E-state index contributed by atoms with van der Waals surface area (Å²) >= 11 is 0. The van der Waals surface area contributed by atoms with Gasteiger partial charge < -0.3 is 24.1 Å². The van der Waals surface area contributed by atoms with Crippen LogP contribution >= 0.6 is 0 Å². The van der Waals surface area contributed by atoms with Gasteiger partial charge in [-0.3, -0.25) is 0 Å². The van der Waals surface area contributed by atoms with Crippen molar-refractivity contribution in [2.24, 2.45) is 0 Å². The molecule has 0 bridgehead atoms. The molecule has 1 aromatic carbocycles. The Bertz CT molecular complexity index is 996. The minimum atomic E-state index is -1.11. The summed E-state index contributed by atoms with van der Waals surface area (Å²) in [6, 6.07) is 8.94. The molecule has 1 aliphatic rings. The van der Waals surface area contributed by atoms with E-state index in [2.05, 4.69) is 40.1 Å². The molecule has 0 aliphatic carbocycles. The molecule has 160 valence electrons. The van der Waals surface area contributed by atoms with Gasteiger partial charge >= 0.3 is 0 Å². The van der Waals surface area contributed by atoms with E-state index < -0.39 is 8.07 Å². The number of imidazole rings is 1. The van der Waals surface area contributed by atoms with Crippen molar-refractivity contribution in [1.29, 1.82) is 0 Å². The third kappa shape index (κ3) is 5.16. The van der Waals surface area contributed by atoms with Crippen molar-refractivity contribution in [2.75, 3.05) is 25.1 Å². The number of anilines is 2. The second-order valence-corrected chi connectivity index (χ2v) is 14.5. The van der Waals surface area contributed by atoms with Crippen LogP contribution in [0, 0.1) is 6.92 Å². The van der Waals surface area contributed by atoms with Crippen molar-refractivity contribution in [3.8, 4) is 5.75 Å². The van der Waals surface area contributed by atoms with Crippen LogP contribution in [-0.2, 0) is 16.2 Å². The first kappa shape index (κ1) is 20.8. The van der Waals surface area contributed by atoms with Gasteiger partial charge in [0, 0.05) is 20.7 Å². The van der Waals surface area contributed by atoms with Crippen molar-refractivity contribution in [3.63, 3.8) is 0 Å². The molecule has 4 rings (SSSR count). The van der Waals surface area contributed by atoms with Gasteiger partial charge in [0.1, 0.15) is 18.6 Å². The molecule has 8 nitrogen and oxygen atoms in total. The number of fused-ring (bicyclic) bond motifs is 1. The maximum absolute atomic E-state index is 6.17. The zero-order valence-electron chi connectivity index (χ0n) is 18.0. The third-order valence-corrected chi connectivity index (χ3v) is 6.62. The highest BCUT2D eigenvalue weighted by atomic mass is 28.3. The van der Waals surface area contributed by atoms with Gasteiger partial charge in [0.05, 0.1) is 42.0 Å². The normalized spacial score (nSPS) is 14.7. The lowest BCUT2D eigenvalue weighted by Crippen LogP contribution is -2.38. The van der Waals surface area contributed by atoms with Gasteiger partial charge in [0.25, 0.3) is 0 Å². The third-order valence-electron chi connectivity index (χ3n) is 4.91. The van der Waals surface area contributed by atoms with E-state index in [0.29, 0.717) is 25.8 Å². The number of ether oxygens (including phenoxy) is 3. The number of nitrogens with zero attached hydrogens (tertiary/aromatic N) is 4. The lowest BCUT2D eigenvalue weighted by Gasteiger charge is -2.27.